The molecule has 0 aliphatic carbocycles. The summed E-state index contributed by atoms with van der Waals surface area (Å²) in [6.45, 7) is -0.0531. The van der Waals surface area contributed by atoms with Crippen LogP contribution in [0.5, 0.6) is 11.5 Å². The zero-order valence-corrected chi connectivity index (χ0v) is 21.8. The van der Waals surface area contributed by atoms with E-state index in [4.69, 9.17) is 31.8 Å². The van der Waals surface area contributed by atoms with Crippen molar-refractivity contribution in [3.8, 4) is 36.2 Å². The number of hydrogen-bond acceptors (Lipinski definition) is 8. The van der Waals surface area contributed by atoms with Gasteiger partial charge >= 0.3 is 11.9 Å². The van der Waals surface area contributed by atoms with Crippen molar-refractivity contribution in [2.75, 3.05) is 26.4 Å². The van der Waals surface area contributed by atoms with E-state index in [0.717, 1.165) is 11.1 Å². The van der Waals surface area contributed by atoms with Crippen molar-refractivity contribution in [2.45, 2.75) is 25.0 Å². The van der Waals surface area contributed by atoms with Crippen LogP contribution < -0.4 is 9.47 Å². The van der Waals surface area contributed by atoms with Crippen LogP contribution in [0.3, 0.4) is 0 Å². The van der Waals surface area contributed by atoms with E-state index in [1.807, 2.05) is 0 Å². The molecule has 0 radical (unpaired) electrons. The Morgan fingerprint density at radius 2 is 0.975 bits per heavy atom. The largest absolute Gasteiger partial charge is 0.481 e. The predicted molar refractivity (Wildman–Crippen MR) is 148 cm³/mol. The van der Waals surface area contributed by atoms with Crippen molar-refractivity contribution in [3.63, 3.8) is 0 Å². The molecule has 2 unspecified atom stereocenters. The maximum absolute atomic E-state index is 12.4. The number of ether oxygens (including phenoxy) is 4. The van der Waals surface area contributed by atoms with Gasteiger partial charge in [-0.25, -0.2) is 9.59 Å². The van der Waals surface area contributed by atoms with E-state index in [1.165, 1.54) is 24.3 Å². The van der Waals surface area contributed by atoms with Crippen LogP contribution in [0.2, 0.25) is 0 Å². The average molecular weight is 543 g/mol. The van der Waals surface area contributed by atoms with Gasteiger partial charge in [0.15, 0.2) is 0 Å². The molecule has 3 aromatic carbocycles. The number of terminal acetylenes is 2. The number of hydrogen-bond donors (Lipinski definition) is 2. The highest BCUT2D eigenvalue weighted by Gasteiger charge is 2.15. The molecule has 0 saturated carbocycles. The molecule has 0 amide bonds. The normalized spacial score (nSPS) is 11.8. The Hall–Kier alpha value is -4.76. The molecule has 8 heteroatoms. The molecule has 0 spiro atoms. The summed E-state index contributed by atoms with van der Waals surface area (Å²) >= 11 is 0. The van der Waals surface area contributed by atoms with Gasteiger partial charge in [0.1, 0.15) is 37.9 Å². The monoisotopic (exact) mass is 542 g/mol. The molecule has 0 fully saturated rings. The lowest BCUT2D eigenvalue weighted by Crippen LogP contribution is -2.21. The minimum atomic E-state index is -0.901. The Balaban J connectivity index is 1.39. The Morgan fingerprint density at radius 1 is 0.625 bits per heavy atom. The molecular formula is C32H30O8. The number of carbonyl (C=O) groups excluding carboxylic acids is 2. The molecule has 3 rings (SSSR count). The summed E-state index contributed by atoms with van der Waals surface area (Å²) in [5.41, 5.74) is 2.11. The molecule has 0 aromatic heterocycles. The third-order valence-corrected chi connectivity index (χ3v) is 5.60. The fourth-order valence-electron chi connectivity index (χ4n) is 3.61. The first kappa shape index (κ1) is 29.8. The van der Waals surface area contributed by atoms with Crippen molar-refractivity contribution in [3.05, 3.63) is 95.1 Å². The highest BCUT2D eigenvalue weighted by atomic mass is 16.5. The topological polar surface area (TPSA) is 112 Å². The van der Waals surface area contributed by atoms with Gasteiger partial charge in [0.05, 0.1) is 23.3 Å². The lowest BCUT2D eigenvalue weighted by atomic mass is 10.1. The van der Waals surface area contributed by atoms with Crippen molar-refractivity contribution < 1.29 is 38.7 Å². The molecular weight excluding hydrogens is 512 g/mol. The van der Waals surface area contributed by atoms with Crippen molar-refractivity contribution in [1.82, 2.24) is 0 Å². The molecule has 2 atom stereocenters. The van der Waals surface area contributed by atoms with Crippen LogP contribution in [0.15, 0.2) is 72.8 Å². The second kappa shape index (κ2) is 15.6. The quantitative estimate of drug-likeness (QED) is 0.236. The summed E-state index contributed by atoms with van der Waals surface area (Å²) in [6.07, 6.45) is 9.09. The second-order valence-electron chi connectivity index (χ2n) is 8.76. The fourth-order valence-corrected chi connectivity index (χ4v) is 3.61. The molecule has 206 valence electrons. The first-order valence-electron chi connectivity index (χ1n) is 12.5. The van der Waals surface area contributed by atoms with Crippen molar-refractivity contribution in [2.24, 2.45) is 0 Å². The van der Waals surface area contributed by atoms with Crippen LogP contribution in [0.25, 0.3) is 0 Å². The third kappa shape index (κ3) is 9.85. The van der Waals surface area contributed by atoms with E-state index in [0.29, 0.717) is 11.5 Å². The van der Waals surface area contributed by atoms with Gasteiger partial charge in [0, 0.05) is 12.8 Å². The van der Waals surface area contributed by atoms with Gasteiger partial charge in [-0.1, -0.05) is 36.1 Å². The number of aliphatic hydroxyl groups is 2. The molecule has 0 aliphatic rings. The Labute approximate surface area is 233 Å². The molecule has 0 bridgehead atoms. The van der Waals surface area contributed by atoms with Crippen LogP contribution in [-0.4, -0.2) is 60.8 Å². The summed E-state index contributed by atoms with van der Waals surface area (Å²) in [5.74, 6) is 4.75. The molecule has 8 nitrogen and oxygen atoms in total. The predicted octanol–water partition coefficient (Wildman–Crippen LogP) is 3.23. The summed E-state index contributed by atoms with van der Waals surface area (Å²) in [4.78, 5) is 24.7. The van der Waals surface area contributed by atoms with Crippen molar-refractivity contribution >= 4 is 11.9 Å². The van der Waals surface area contributed by atoms with Gasteiger partial charge in [-0.3, -0.25) is 0 Å². The first-order valence-corrected chi connectivity index (χ1v) is 12.5. The second-order valence-corrected chi connectivity index (χ2v) is 8.76. The molecule has 0 saturated heterocycles. The molecule has 40 heavy (non-hydrogen) atoms. The van der Waals surface area contributed by atoms with Gasteiger partial charge in [0.2, 0.25) is 0 Å². The lowest BCUT2D eigenvalue weighted by Gasteiger charge is -2.13. The van der Waals surface area contributed by atoms with Crippen LogP contribution >= 0.6 is 0 Å². The maximum atomic E-state index is 12.4. The van der Waals surface area contributed by atoms with Crippen molar-refractivity contribution in [1.29, 1.82) is 0 Å². The zero-order chi connectivity index (χ0) is 28.7. The van der Waals surface area contributed by atoms with Crippen LogP contribution in [0.4, 0.5) is 0 Å². The smallest absolute Gasteiger partial charge is 0.338 e. The van der Waals surface area contributed by atoms with Crippen LogP contribution in [-0.2, 0) is 22.3 Å². The Morgan fingerprint density at radius 3 is 1.30 bits per heavy atom. The highest BCUT2D eigenvalue weighted by Crippen LogP contribution is 2.15. The van der Waals surface area contributed by atoms with E-state index in [1.54, 1.807) is 48.5 Å². The van der Waals surface area contributed by atoms with Gasteiger partial charge in [-0.15, -0.1) is 12.8 Å². The van der Waals surface area contributed by atoms with Gasteiger partial charge < -0.3 is 29.2 Å². The Bertz CT molecular complexity index is 1210. The summed E-state index contributed by atoms with van der Waals surface area (Å²) in [6, 6.07) is 19.9. The summed E-state index contributed by atoms with van der Waals surface area (Å²) in [5, 5.41) is 20.5. The van der Waals surface area contributed by atoms with E-state index < -0.39 is 24.1 Å². The van der Waals surface area contributed by atoms with E-state index in [9.17, 15) is 19.8 Å². The Kier molecular flexibility index (Phi) is 11.6. The van der Waals surface area contributed by atoms with Gasteiger partial charge in [-0.05, 0) is 59.7 Å². The van der Waals surface area contributed by atoms with Crippen LogP contribution in [0, 0.1) is 24.7 Å². The average Bonchev–Trinajstić information content (AvgIpc) is 2.98. The lowest BCUT2D eigenvalue weighted by molar-refractivity contribution is 0.0251. The molecule has 0 aliphatic heterocycles. The third-order valence-electron chi connectivity index (χ3n) is 5.60. The van der Waals surface area contributed by atoms with Gasteiger partial charge in [0.25, 0.3) is 0 Å². The number of aliphatic hydroxyl groups excluding tert-OH is 2. The molecule has 0 heterocycles. The summed E-state index contributed by atoms with van der Waals surface area (Å²) in [7, 11) is 0. The minimum Gasteiger partial charge on any atom is -0.481 e. The standard InChI is InChI=1S/C32H30O8/c1-3-17-37-29-13-5-23(6-14-29)19-27(33)21-39-31(35)25-9-11-26(12-10-25)32(36)40-22-28(34)20-24-7-15-30(16-8-24)38-18-4-2/h1-2,5-16,27-28,33-34H,17-22H2. The zero-order valence-electron chi connectivity index (χ0n) is 21.8. The van der Waals surface area contributed by atoms with E-state index >= 15 is 0 Å². The van der Waals surface area contributed by atoms with Crippen LogP contribution in [0.1, 0.15) is 31.8 Å². The van der Waals surface area contributed by atoms with E-state index in [2.05, 4.69) is 11.8 Å². The number of rotatable bonds is 14. The van der Waals surface area contributed by atoms with Gasteiger partial charge in [-0.2, -0.15) is 0 Å². The molecule has 2 N–H and O–H groups in total. The SMILES string of the molecule is C#CCOc1ccc(CC(O)COC(=O)c2ccc(C(=O)OCC(O)Cc3ccc(OCC#C)cc3)cc2)cc1. The summed E-state index contributed by atoms with van der Waals surface area (Å²) < 4.78 is 21.0. The fraction of sp³-hybridized carbons (Fsp3) is 0.250. The first-order chi connectivity index (χ1) is 19.4. The minimum absolute atomic E-state index is 0.171. The number of esters is 2. The number of carbonyl (C=O) groups is 2. The van der Waals surface area contributed by atoms with E-state index in [-0.39, 0.29) is 50.4 Å². The molecule has 3 aromatic rings. The number of benzene rings is 3. The highest BCUT2D eigenvalue weighted by molar-refractivity contribution is 5.93. The maximum Gasteiger partial charge on any atom is 0.338 e.